The van der Waals surface area contributed by atoms with Gasteiger partial charge in [0.15, 0.2) is 6.29 Å². The minimum atomic E-state index is 0.174. The highest BCUT2D eigenvalue weighted by Gasteiger charge is 2.10. The fraction of sp³-hybridized carbons (Fsp3) is 0.545. The molecule has 0 saturated heterocycles. The fourth-order valence-electron chi connectivity index (χ4n) is 1.30. The highest BCUT2D eigenvalue weighted by atomic mass is 35.5. The third kappa shape index (κ3) is 4.80. The molecule has 0 radical (unpaired) electrons. The zero-order valence-corrected chi connectivity index (χ0v) is 11.7. The maximum atomic E-state index is 10.9. The van der Waals surface area contributed by atoms with Crippen molar-refractivity contribution in [3.05, 3.63) is 16.5 Å². The molecule has 0 fully saturated rings. The molecule has 1 aromatic heterocycles. The van der Waals surface area contributed by atoms with E-state index in [1.54, 1.807) is 18.7 Å². The lowest BCUT2D eigenvalue weighted by Gasteiger charge is -2.09. The lowest BCUT2D eigenvalue weighted by Crippen LogP contribution is -2.10. The number of aldehydes is 1. The van der Waals surface area contributed by atoms with E-state index in [1.807, 2.05) is 0 Å². The number of thioether (sulfide) groups is 1. The Kier molecular flexibility index (Phi) is 7.00. The Morgan fingerprint density at radius 2 is 2.22 bits per heavy atom. The monoisotopic (exact) mass is 289 g/mol. The van der Waals surface area contributed by atoms with Crippen molar-refractivity contribution in [2.24, 2.45) is 0 Å². The first-order chi connectivity index (χ1) is 8.69. The van der Waals surface area contributed by atoms with E-state index >= 15 is 0 Å². The number of halogens is 1. The Labute approximate surface area is 115 Å². The lowest BCUT2D eigenvalue weighted by atomic mass is 10.3. The average Bonchev–Trinajstić information content (AvgIpc) is 2.33. The van der Waals surface area contributed by atoms with Gasteiger partial charge in [-0.15, -0.1) is 0 Å². The third-order valence-corrected chi connectivity index (χ3v) is 3.47. The van der Waals surface area contributed by atoms with Crippen LogP contribution in [0.2, 0.25) is 5.15 Å². The van der Waals surface area contributed by atoms with E-state index in [2.05, 4.69) is 15.3 Å². The molecule has 1 aromatic rings. The second-order valence-electron chi connectivity index (χ2n) is 3.56. The van der Waals surface area contributed by atoms with E-state index in [0.29, 0.717) is 30.0 Å². The maximum absolute atomic E-state index is 10.9. The Bertz CT molecular complexity index is 404. The molecule has 0 saturated carbocycles. The van der Waals surface area contributed by atoms with Crippen molar-refractivity contribution in [2.75, 3.05) is 30.0 Å². The summed E-state index contributed by atoms with van der Waals surface area (Å²) < 4.78 is 0. The number of carbonyl (C=O) groups excluding carboxylic acids is 1. The van der Waals surface area contributed by atoms with Crippen molar-refractivity contribution in [1.29, 1.82) is 0 Å². The van der Waals surface area contributed by atoms with Crippen LogP contribution >= 0.6 is 23.4 Å². The van der Waals surface area contributed by atoms with Gasteiger partial charge >= 0.3 is 0 Å². The number of rotatable bonds is 8. The van der Waals surface area contributed by atoms with E-state index in [-0.39, 0.29) is 11.8 Å². The van der Waals surface area contributed by atoms with Crippen LogP contribution in [0.5, 0.6) is 0 Å². The summed E-state index contributed by atoms with van der Waals surface area (Å²) in [5.41, 5.74) is 0.294. The molecule has 1 rings (SSSR count). The van der Waals surface area contributed by atoms with Gasteiger partial charge in [-0.05, 0) is 19.1 Å². The van der Waals surface area contributed by atoms with Gasteiger partial charge in [0.25, 0.3) is 0 Å². The highest BCUT2D eigenvalue weighted by Crippen LogP contribution is 2.18. The second kappa shape index (κ2) is 8.29. The van der Waals surface area contributed by atoms with Crippen molar-refractivity contribution in [2.45, 2.75) is 13.3 Å². The van der Waals surface area contributed by atoms with Gasteiger partial charge in [0.2, 0.25) is 0 Å². The quantitative estimate of drug-likeness (QED) is 0.432. The van der Waals surface area contributed by atoms with Crippen molar-refractivity contribution in [3.63, 3.8) is 0 Å². The van der Waals surface area contributed by atoms with Crippen molar-refractivity contribution >= 4 is 35.5 Å². The van der Waals surface area contributed by atoms with Gasteiger partial charge in [-0.25, -0.2) is 9.97 Å². The minimum absolute atomic E-state index is 0.174. The summed E-state index contributed by atoms with van der Waals surface area (Å²) in [4.78, 5) is 19.0. The van der Waals surface area contributed by atoms with Crippen molar-refractivity contribution < 1.29 is 9.90 Å². The molecule has 0 aliphatic carbocycles. The van der Waals surface area contributed by atoms with E-state index in [1.165, 1.54) is 0 Å². The van der Waals surface area contributed by atoms with Gasteiger partial charge < -0.3 is 10.4 Å². The number of hydrogen-bond acceptors (Lipinski definition) is 6. The average molecular weight is 290 g/mol. The molecule has 0 aliphatic heterocycles. The normalized spacial score (nSPS) is 10.4. The first-order valence-corrected chi connectivity index (χ1v) is 7.14. The smallest absolute Gasteiger partial charge is 0.156 e. The van der Waals surface area contributed by atoms with Crippen LogP contribution in [0.15, 0.2) is 0 Å². The molecule has 0 aromatic carbocycles. The van der Waals surface area contributed by atoms with Crippen LogP contribution in [0.25, 0.3) is 0 Å². The van der Waals surface area contributed by atoms with Gasteiger partial charge in [-0.3, -0.25) is 4.79 Å². The molecule has 5 nitrogen and oxygen atoms in total. The molecule has 1 heterocycles. The first kappa shape index (κ1) is 15.2. The highest BCUT2D eigenvalue weighted by molar-refractivity contribution is 7.99. The fourth-order valence-corrected chi connectivity index (χ4v) is 2.34. The Morgan fingerprint density at radius 3 is 2.89 bits per heavy atom. The summed E-state index contributed by atoms with van der Waals surface area (Å²) >= 11 is 7.59. The van der Waals surface area contributed by atoms with Gasteiger partial charge in [0.1, 0.15) is 16.8 Å². The van der Waals surface area contributed by atoms with Crippen LogP contribution in [0.1, 0.15) is 22.6 Å². The topological polar surface area (TPSA) is 75.1 Å². The number of hydrogen-bond donors (Lipinski definition) is 2. The van der Waals surface area contributed by atoms with E-state index in [9.17, 15) is 4.79 Å². The summed E-state index contributed by atoms with van der Waals surface area (Å²) in [6.07, 6.45) is 1.45. The van der Waals surface area contributed by atoms with Crippen LogP contribution in [-0.4, -0.2) is 46.0 Å². The summed E-state index contributed by atoms with van der Waals surface area (Å²) in [5, 5.41) is 11.9. The molecular weight excluding hydrogens is 274 g/mol. The molecule has 0 bridgehead atoms. The summed E-state index contributed by atoms with van der Waals surface area (Å²) in [5.74, 6) is 2.80. The first-order valence-electron chi connectivity index (χ1n) is 5.60. The van der Waals surface area contributed by atoms with E-state index in [4.69, 9.17) is 16.7 Å². The van der Waals surface area contributed by atoms with Crippen LogP contribution < -0.4 is 5.32 Å². The van der Waals surface area contributed by atoms with Gasteiger partial charge in [0.05, 0.1) is 5.56 Å². The number of aliphatic hydroxyl groups is 1. The summed E-state index contributed by atoms with van der Waals surface area (Å²) in [7, 11) is 0. The van der Waals surface area contributed by atoms with Crippen LogP contribution in [0, 0.1) is 6.92 Å². The number of aliphatic hydroxyl groups excluding tert-OH is 1. The number of aryl methyl sites for hydroxylation is 1. The molecule has 0 spiro atoms. The number of nitrogens with zero attached hydrogens (tertiary/aromatic N) is 2. The predicted molar refractivity (Wildman–Crippen MR) is 74.7 cm³/mol. The largest absolute Gasteiger partial charge is 0.396 e. The number of aromatic nitrogens is 2. The SMILES string of the molecule is Cc1nc(Cl)c(C=O)c(NCCSCCCO)n1. The molecule has 100 valence electrons. The van der Waals surface area contributed by atoms with E-state index < -0.39 is 0 Å². The maximum Gasteiger partial charge on any atom is 0.156 e. The Hall–Kier alpha value is -0.850. The molecular formula is C11H16ClN3O2S. The van der Waals surface area contributed by atoms with Gasteiger partial charge in [-0.1, -0.05) is 11.6 Å². The molecule has 7 heteroatoms. The lowest BCUT2D eigenvalue weighted by molar-refractivity contribution is 0.112. The standard InChI is InChI=1S/C11H16ClN3O2S/c1-8-14-10(12)9(7-17)11(15-8)13-3-6-18-5-2-4-16/h7,16H,2-6H2,1H3,(H,13,14,15). The Balaban J connectivity index is 2.48. The second-order valence-corrected chi connectivity index (χ2v) is 5.14. The van der Waals surface area contributed by atoms with Crippen molar-refractivity contribution in [1.82, 2.24) is 9.97 Å². The zero-order valence-electron chi connectivity index (χ0n) is 10.1. The molecule has 0 aliphatic rings. The summed E-state index contributed by atoms with van der Waals surface area (Å²) in [6.45, 7) is 2.63. The van der Waals surface area contributed by atoms with Crippen LogP contribution in [-0.2, 0) is 0 Å². The minimum Gasteiger partial charge on any atom is -0.396 e. The molecule has 2 N–H and O–H groups in total. The molecule has 0 amide bonds. The van der Waals surface area contributed by atoms with Gasteiger partial charge in [0, 0.05) is 18.9 Å². The zero-order chi connectivity index (χ0) is 13.4. The molecule has 0 unspecified atom stereocenters. The Morgan fingerprint density at radius 1 is 1.44 bits per heavy atom. The predicted octanol–water partition coefficient (Wildman–Crippen LogP) is 1.78. The van der Waals surface area contributed by atoms with E-state index in [0.717, 1.165) is 17.9 Å². The third-order valence-electron chi connectivity index (χ3n) is 2.11. The number of nitrogens with one attached hydrogen (secondary N) is 1. The molecule has 18 heavy (non-hydrogen) atoms. The van der Waals surface area contributed by atoms with Gasteiger partial charge in [-0.2, -0.15) is 11.8 Å². The number of anilines is 1. The van der Waals surface area contributed by atoms with Crippen LogP contribution in [0.4, 0.5) is 5.82 Å². The molecule has 0 atom stereocenters. The van der Waals surface area contributed by atoms with Crippen LogP contribution in [0.3, 0.4) is 0 Å². The summed E-state index contributed by atoms with van der Waals surface area (Å²) in [6, 6.07) is 0. The number of carbonyl (C=O) groups is 1. The van der Waals surface area contributed by atoms with Crippen molar-refractivity contribution in [3.8, 4) is 0 Å².